The molecular weight excluding hydrogens is 202 g/mol. The summed E-state index contributed by atoms with van der Waals surface area (Å²) in [6, 6.07) is 0.280. The van der Waals surface area contributed by atoms with Crippen LogP contribution in [0, 0.1) is 0 Å². The highest BCUT2D eigenvalue weighted by Crippen LogP contribution is 2.17. The first-order valence-corrected chi connectivity index (χ1v) is 4.83. The van der Waals surface area contributed by atoms with Crippen molar-refractivity contribution in [1.29, 1.82) is 0 Å². The van der Waals surface area contributed by atoms with Gasteiger partial charge < -0.3 is 10.1 Å². The summed E-state index contributed by atoms with van der Waals surface area (Å²) < 4.78 is 4.97. The minimum Gasteiger partial charge on any atom is -0.385 e. The van der Waals surface area contributed by atoms with Crippen LogP contribution in [-0.2, 0) is 4.74 Å². The molecule has 0 spiro atoms. The Hall–Kier alpha value is -0.870. The zero-order valence-electron chi connectivity index (χ0n) is 8.33. The summed E-state index contributed by atoms with van der Waals surface area (Å²) in [7, 11) is 1.68. The van der Waals surface area contributed by atoms with Crippen LogP contribution >= 0.6 is 11.6 Å². The van der Waals surface area contributed by atoms with Gasteiger partial charge in [0.1, 0.15) is 17.2 Å². The topological polar surface area (TPSA) is 47.0 Å². The molecule has 1 rings (SSSR count). The lowest BCUT2D eigenvalue weighted by molar-refractivity contribution is 0.191. The third-order valence-electron chi connectivity index (χ3n) is 1.81. The maximum absolute atomic E-state index is 5.88. The molecule has 0 saturated carbocycles. The number of hydrogen-bond acceptors (Lipinski definition) is 4. The van der Waals surface area contributed by atoms with E-state index >= 15 is 0 Å². The van der Waals surface area contributed by atoms with Crippen LogP contribution in [0.25, 0.3) is 0 Å². The molecule has 0 aliphatic carbocycles. The van der Waals surface area contributed by atoms with E-state index in [1.165, 1.54) is 6.33 Å². The van der Waals surface area contributed by atoms with Crippen molar-refractivity contribution in [2.75, 3.05) is 19.0 Å². The fraction of sp³-hybridized carbons (Fsp3) is 0.556. The van der Waals surface area contributed by atoms with Crippen molar-refractivity contribution < 1.29 is 4.74 Å². The van der Waals surface area contributed by atoms with Crippen LogP contribution in [0.5, 0.6) is 0 Å². The van der Waals surface area contributed by atoms with E-state index in [2.05, 4.69) is 22.2 Å². The molecular formula is C9H14ClN3O. The van der Waals surface area contributed by atoms with Gasteiger partial charge in [-0.3, -0.25) is 0 Å². The third-order valence-corrected chi connectivity index (χ3v) is 2.08. The van der Waals surface area contributed by atoms with Gasteiger partial charge in [-0.2, -0.15) is 0 Å². The lowest BCUT2D eigenvalue weighted by atomic mass is 10.2. The minimum atomic E-state index is 0.280. The molecule has 0 radical (unpaired) electrons. The second-order valence-corrected chi connectivity index (χ2v) is 3.45. The Labute approximate surface area is 88.7 Å². The van der Waals surface area contributed by atoms with Crippen LogP contribution in [-0.4, -0.2) is 29.7 Å². The molecule has 78 valence electrons. The third kappa shape index (κ3) is 3.47. The number of halogens is 1. The maximum atomic E-state index is 5.88. The van der Waals surface area contributed by atoms with Crippen LogP contribution in [0.2, 0.25) is 5.02 Å². The first kappa shape index (κ1) is 11.2. The predicted molar refractivity (Wildman–Crippen MR) is 56.6 cm³/mol. The Balaban J connectivity index is 2.47. The standard InChI is InChI=1S/C9H14ClN3O/c1-7(3-4-14-2)13-9-8(10)5-11-6-12-9/h5-7H,3-4H2,1-2H3,(H,11,12,13). The van der Waals surface area contributed by atoms with Crippen molar-refractivity contribution in [3.8, 4) is 0 Å². The van der Waals surface area contributed by atoms with Crippen molar-refractivity contribution >= 4 is 17.4 Å². The quantitative estimate of drug-likeness (QED) is 0.816. The molecule has 1 aromatic heterocycles. The molecule has 0 fully saturated rings. The normalized spacial score (nSPS) is 12.5. The molecule has 1 unspecified atom stereocenters. The Bertz CT molecular complexity index is 283. The molecule has 0 aliphatic rings. The second-order valence-electron chi connectivity index (χ2n) is 3.05. The van der Waals surface area contributed by atoms with E-state index in [-0.39, 0.29) is 6.04 Å². The number of methoxy groups -OCH3 is 1. The Kier molecular flexibility index (Phi) is 4.62. The molecule has 0 amide bonds. The molecule has 14 heavy (non-hydrogen) atoms. The molecule has 0 aromatic carbocycles. The number of rotatable bonds is 5. The van der Waals surface area contributed by atoms with Gasteiger partial charge in [-0.1, -0.05) is 11.6 Å². The Morgan fingerprint density at radius 2 is 2.43 bits per heavy atom. The largest absolute Gasteiger partial charge is 0.385 e. The summed E-state index contributed by atoms with van der Waals surface area (Å²) in [4.78, 5) is 7.84. The number of anilines is 1. The average molecular weight is 216 g/mol. The molecule has 0 bridgehead atoms. The fourth-order valence-electron chi connectivity index (χ4n) is 1.02. The second kappa shape index (κ2) is 5.78. The van der Waals surface area contributed by atoms with Gasteiger partial charge in [-0.25, -0.2) is 9.97 Å². The van der Waals surface area contributed by atoms with Crippen LogP contribution in [0.3, 0.4) is 0 Å². The monoisotopic (exact) mass is 215 g/mol. The molecule has 0 aliphatic heterocycles. The molecule has 1 atom stereocenters. The molecule has 0 saturated heterocycles. The molecule has 1 N–H and O–H groups in total. The predicted octanol–water partition coefficient (Wildman–Crippen LogP) is 1.97. The van der Waals surface area contributed by atoms with Crippen molar-refractivity contribution in [3.05, 3.63) is 17.5 Å². The number of nitrogens with zero attached hydrogens (tertiary/aromatic N) is 2. The summed E-state index contributed by atoms with van der Waals surface area (Å²) in [5, 5.41) is 3.72. The van der Waals surface area contributed by atoms with Crippen molar-refractivity contribution in [1.82, 2.24) is 9.97 Å². The first-order chi connectivity index (χ1) is 6.74. The van der Waals surface area contributed by atoms with E-state index < -0.39 is 0 Å². The van der Waals surface area contributed by atoms with E-state index in [4.69, 9.17) is 16.3 Å². The molecule has 5 heteroatoms. The molecule has 1 heterocycles. The van der Waals surface area contributed by atoms with E-state index in [0.29, 0.717) is 10.8 Å². The first-order valence-electron chi connectivity index (χ1n) is 4.45. The van der Waals surface area contributed by atoms with E-state index in [9.17, 15) is 0 Å². The van der Waals surface area contributed by atoms with Gasteiger partial charge in [0.15, 0.2) is 0 Å². The van der Waals surface area contributed by atoms with Crippen LogP contribution < -0.4 is 5.32 Å². The molecule has 1 aromatic rings. The Morgan fingerprint density at radius 3 is 3.07 bits per heavy atom. The van der Waals surface area contributed by atoms with E-state index in [1.54, 1.807) is 13.3 Å². The van der Waals surface area contributed by atoms with Gasteiger partial charge in [-0.05, 0) is 13.3 Å². The summed E-state index contributed by atoms with van der Waals surface area (Å²) >= 11 is 5.88. The average Bonchev–Trinajstić information content (AvgIpc) is 2.18. The number of aromatic nitrogens is 2. The van der Waals surface area contributed by atoms with Crippen LogP contribution in [0.1, 0.15) is 13.3 Å². The maximum Gasteiger partial charge on any atom is 0.148 e. The minimum absolute atomic E-state index is 0.280. The molecule has 4 nitrogen and oxygen atoms in total. The lowest BCUT2D eigenvalue weighted by Crippen LogP contribution is -2.18. The van der Waals surface area contributed by atoms with E-state index in [0.717, 1.165) is 13.0 Å². The van der Waals surface area contributed by atoms with Gasteiger partial charge in [0, 0.05) is 19.8 Å². The lowest BCUT2D eigenvalue weighted by Gasteiger charge is -2.14. The summed E-state index contributed by atoms with van der Waals surface area (Å²) in [6.45, 7) is 2.77. The summed E-state index contributed by atoms with van der Waals surface area (Å²) in [6.07, 6.45) is 3.95. The van der Waals surface area contributed by atoms with Gasteiger partial charge in [0.05, 0.1) is 6.20 Å². The van der Waals surface area contributed by atoms with Gasteiger partial charge in [0.2, 0.25) is 0 Å². The number of nitrogens with one attached hydrogen (secondary N) is 1. The van der Waals surface area contributed by atoms with E-state index in [1.807, 2.05) is 0 Å². The highest BCUT2D eigenvalue weighted by Gasteiger charge is 2.05. The van der Waals surface area contributed by atoms with Gasteiger partial charge in [-0.15, -0.1) is 0 Å². The summed E-state index contributed by atoms with van der Waals surface area (Å²) in [5.74, 6) is 0.672. The van der Waals surface area contributed by atoms with Gasteiger partial charge >= 0.3 is 0 Å². The van der Waals surface area contributed by atoms with Crippen molar-refractivity contribution in [2.24, 2.45) is 0 Å². The SMILES string of the molecule is COCCC(C)Nc1ncncc1Cl. The highest BCUT2D eigenvalue weighted by molar-refractivity contribution is 6.32. The van der Waals surface area contributed by atoms with Gasteiger partial charge in [0.25, 0.3) is 0 Å². The zero-order valence-corrected chi connectivity index (χ0v) is 9.08. The van der Waals surface area contributed by atoms with Crippen molar-refractivity contribution in [3.63, 3.8) is 0 Å². The number of hydrogen-bond donors (Lipinski definition) is 1. The van der Waals surface area contributed by atoms with Crippen LogP contribution in [0.4, 0.5) is 5.82 Å². The number of ether oxygens (including phenoxy) is 1. The van der Waals surface area contributed by atoms with Crippen molar-refractivity contribution in [2.45, 2.75) is 19.4 Å². The highest BCUT2D eigenvalue weighted by atomic mass is 35.5. The van der Waals surface area contributed by atoms with Crippen LogP contribution in [0.15, 0.2) is 12.5 Å². The Morgan fingerprint density at radius 1 is 1.64 bits per heavy atom. The fourth-order valence-corrected chi connectivity index (χ4v) is 1.18. The summed E-state index contributed by atoms with van der Waals surface area (Å²) in [5.41, 5.74) is 0. The zero-order chi connectivity index (χ0) is 10.4. The smallest absolute Gasteiger partial charge is 0.148 e.